The molecule has 2 aliphatic heterocycles. The third-order valence-corrected chi connectivity index (χ3v) is 6.06. The highest BCUT2D eigenvalue weighted by molar-refractivity contribution is 8.21. The van der Waals surface area contributed by atoms with Crippen LogP contribution < -0.4 is 0 Å². The minimum absolute atomic E-state index is 0.0189. The molecule has 0 aromatic heterocycles. The standard InChI is InChI=1S/C16H22N2O5S/c1-3-22-15(19)13(16(20)23-4-2)24-10-5-12(11-17)14(24)18-6-8-21-9-7-18/h3-10H2,1-2H3. The number of morpholine rings is 1. The van der Waals surface area contributed by atoms with Crippen molar-refractivity contribution in [2.45, 2.75) is 20.3 Å². The Hall–Kier alpha value is -1.85. The fourth-order valence-corrected chi connectivity index (χ4v) is 5.11. The molecule has 8 heteroatoms. The molecule has 1 saturated heterocycles. The Kier molecular flexibility index (Phi) is 6.82. The van der Waals surface area contributed by atoms with Crippen LogP contribution in [0.2, 0.25) is 0 Å². The minimum Gasteiger partial charge on any atom is -0.462 e. The third-order valence-electron chi connectivity index (χ3n) is 3.65. The normalized spacial score (nSPS) is 20.5. The SMILES string of the molecule is CCOC(=O)C(C(=O)OCC)=S1CCC(C#N)=C1N1CCOCC1. The smallest absolute Gasteiger partial charge is 0.351 e. The van der Waals surface area contributed by atoms with Gasteiger partial charge in [-0.05, 0) is 26.0 Å². The Balaban J connectivity index is 2.49. The van der Waals surface area contributed by atoms with Crippen molar-refractivity contribution in [3.05, 3.63) is 10.6 Å². The van der Waals surface area contributed by atoms with Crippen LogP contribution in [-0.2, 0) is 23.8 Å². The van der Waals surface area contributed by atoms with Crippen LogP contribution in [0.4, 0.5) is 0 Å². The molecule has 0 N–H and O–H groups in total. The van der Waals surface area contributed by atoms with E-state index in [-0.39, 0.29) is 18.1 Å². The lowest BCUT2D eigenvalue weighted by atomic mass is 10.2. The van der Waals surface area contributed by atoms with Gasteiger partial charge in [0, 0.05) is 13.1 Å². The average molecular weight is 354 g/mol. The lowest BCUT2D eigenvalue weighted by Crippen LogP contribution is -2.36. The number of hydrogen-bond acceptors (Lipinski definition) is 7. The summed E-state index contributed by atoms with van der Waals surface area (Å²) in [6.07, 6.45) is 0.550. The lowest BCUT2D eigenvalue weighted by molar-refractivity contribution is -0.140. The molecule has 0 aliphatic carbocycles. The summed E-state index contributed by atoms with van der Waals surface area (Å²) in [5.74, 6) is -0.740. The second kappa shape index (κ2) is 8.85. The predicted octanol–water partition coefficient (Wildman–Crippen LogP) is 1.02. The number of rotatable bonds is 5. The van der Waals surface area contributed by atoms with E-state index in [0.717, 1.165) is 5.03 Å². The predicted molar refractivity (Wildman–Crippen MR) is 90.4 cm³/mol. The fraction of sp³-hybridized carbons (Fsp3) is 0.625. The minimum atomic E-state index is -0.798. The van der Waals surface area contributed by atoms with E-state index >= 15 is 0 Å². The van der Waals surface area contributed by atoms with Crippen LogP contribution in [0.5, 0.6) is 0 Å². The van der Waals surface area contributed by atoms with Crippen LogP contribution in [0.3, 0.4) is 0 Å². The molecule has 2 aliphatic rings. The van der Waals surface area contributed by atoms with Crippen LogP contribution in [0, 0.1) is 11.3 Å². The largest absolute Gasteiger partial charge is 0.462 e. The van der Waals surface area contributed by atoms with Crippen LogP contribution in [0.1, 0.15) is 20.3 Å². The molecule has 0 aromatic carbocycles. The van der Waals surface area contributed by atoms with Crippen LogP contribution >= 0.6 is 10.5 Å². The van der Waals surface area contributed by atoms with Gasteiger partial charge in [-0.1, -0.05) is 0 Å². The van der Waals surface area contributed by atoms with E-state index in [1.165, 1.54) is 0 Å². The van der Waals surface area contributed by atoms with E-state index in [0.29, 0.717) is 44.1 Å². The first-order chi connectivity index (χ1) is 11.6. The summed E-state index contributed by atoms with van der Waals surface area (Å²) >= 11 is 0. The van der Waals surface area contributed by atoms with Gasteiger partial charge in [0.05, 0.1) is 43.1 Å². The van der Waals surface area contributed by atoms with E-state index in [4.69, 9.17) is 14.2 Å². The Morgan fingerprint density at radius 3 is 2.29 bits per heavy atom. The molecule has 1 unspecified atom stereocenters. The topological polar surface area (TPSA) is 88.9 Å². The van der Waals surface area contributed by atoms with Crippen LogP contribution in [0.15, 0.2) is 10.6 Å². The summed E-state index contributed by atoms with van der Waals surface area (Å²) < 4.78 is 15.5. The molecule has 0 spiro atoms. The van der Waals surface area contributed by atoms with Gasteiger partial charge in [-0.15, -0.1) is 10.5 Å². The van der Waals surface area contributed by atoms with Crippen LogP contribution in [-0.4, -0.2) is 67.0 Å². The quantitative estimate of drug-likeness (QED) is 0.414. The van der Waals surface area contributed by atoms with E-state index < -0.39 is 22.4 Å². The number of hydrogen-bond donors (Lipinski definition) is 0. The van der Waals surface area contributed by atoms with Crippen LogP contribution in [0.25, 0.3) is 0 Å². The summed E-state index contributed by atoms with van der Waals surface area (Å²) in [6, 6.07) is 2.22. The molecule has 1 atom stereocenters. The van der Waals surface area contributed by atoms with Crippen molar-refractivity contribution >= 4 is 27.3 Å². The number of ether oxygens (including phenoxy) is 3. The van der Waals surface area contributed by atoms with Crippen molar-refractivity contribution in [3.63, 3.8) is 0 Å². The first-order valence-corrected chi connectivity index (χ1v) is 9.41. The lowest BCUT2D eigenvalue weighted by Gasteiger charge is -2.31. The maximum absolute atomic E-state index is 12.4. The third kappa shape index (κ3) is 3.97. The molecule has 2 rings (SSSR count). The molecule has 0 radical (unpaired) electrons. The summed E-state index contributed by atoms with van der Waals surface area (Å²) in [5, 5.41) is 10.2. The number of nitrogens with zero attached hydrogens (tertiary/aromatic N) is 2. The molecule has 2 heterocycles. The van der Waals surface area contributed by atoms with Crippen molar-refractivity contribution in [2.24, 2.45) is 0 Å². The van der Waals surface area contributed by atoms with Gasteiger partial charge in [0.25, 0.3) is 0 Å². The van der Waals surface area contributed by atoms with Crippen molar-refractivity contribution < 1.29 is 23.8 Å². The van der Waals surface area contributed by atoms with E-state index in [1.807, 2.05) is 0 Å². The second-order valence-corrected chi connectivity index (χ2v) is 7.09. The highest BCUT2D eigenvalue weighted by Crippen LogP contribution is 2.41. The number of carbonyl (C=O) groups excluding carboxylic acids is 2. The van der Waals surface area contributed by atoms with E-state index in [2.05, 4.69) is 11.0 Å². The van der Waals surface area contributed by atoms with Gasteiger partial charge in [0.2, 0.25) is 0 Å². The van der Waals surface area contributed by atoms with E-state index in [9.17, 15) is 14.9 Å². The van der Waals surface area contributed by atoms with Crippen molar-refractivity contribution in [3.8, 4) is 6.07 Å². The molecule has 24 heavy (non-hydrogen) atoms. The maximum atomic E-state index is 12.4. The van der Waals surface area contributed by atoms with Gasteiger partial charge < -0.3 is 19.1 Å². The Bertz CT molecular complexity index is 594. The summed E-state index contributed by atoms with van der Waals surface area (Å²) in [7, 11) is -0.798. The van der Waals surface area contributed by atoms with E-state index in [1.54, 1.807) is 13.8 Å². The molecule has 0 saturated carbocycles. The van der Waals surface area contributed by atoms with Gasteiger partial charge in [0.1, 0.15) is 0 Å². The molecule has 0 aromatic rings. The maximum Gasteiger partial charge on any atom is 0.351 e. The van der Waals surface area contributed by atoms with Crippen molar-refractivity contribution in [1.29, 1.82) is 5.26 Å². The van der Waals surface area contributed by atoms with Gasteiger partial charge in [0.15, 0.2) is 4.86 Å². The second-order valence-electron chi connectivity index (χ2n) is 5.11. The molecule has 0 amide bonds. The van der Waals surface area contributed by atoms with Gasteiger partial charge in [-0.25, -0.2) is 9.59 Å². The summed E-state index contributed by atoms with van der Waals surface area (Å²) in [6.45, 7) is 6.16. The summed E-state index contributed by atoms with van der Waals surface area (Å²) in [4.78, 5) is 26.8. The monoisotopic (exact) mass is 354 g/mol. The zero-order valence-electron chi connectivity index (χ0n) is 14.0. The number of carbonyl (C=O) groups is 2. The first-order valence-electron chi connectivity index (χ1n) is 8.02. The zero-order valence-corrected chi connectivity index (χ0v) is 14.8. The molecule has 0 bridgehead atoms. The van der Waals surface area contributed by atoms with Gasteiger partial charge in [-0.3, -0.25) is 0 Å². The first kappa shape index (κ1) is 18.5. The van der Waals surface area contributed by atoms with Crippen molar-refractivity contribution in [1.82, 2.24) is 4.90 Å². The molecule has 1 fully saturated rings. The van der Waals surface area contributed by atoms with Crippen molar-refractivity contribution in [2.75, 3.05) is 45.3 Å². The number of esters is 2. The molecular formula is C16H22N2O5S. The fourth-order valence-electron chi connectivity index (χ4n) is 2.65. The van der Waals surface area contributed by atoms with Gasteiger partial charge in [-0.2, -0.15) is 5.26 Å². The Morgan fingerprint density at radius 2 is 1.79 bits per heavy atom. The molecule has 7 nitrogen and oxygen atoms in total. The average Bonchev–Trinajstić information content (AvgIpc) is 3.00. The number of nitriles is 1. The Labute approximate surface area is 144 Å². The summed E-state index contributed by atoms with van der Waals surface area (Å²) in [5.41, 5.74) is 0.631. The Morgan fingerprint density at radius 1 is 1.21 bits per heavy atom. The highest BCUT2D eigenvalue weighted by Gasteiger charge is 2.34. The number of allylic oxidation sites excluding steroid dienone is 1. The highest BCUT2D eigenvalue weighted by atomic mass is 32.2. The molecule has 132 valence electrons. The van der Waals surface area contributed by atoms with Gasteiger partial charge >= 0.3 is 11.9 Å². The zero-order chi connectivity index (χ0) is 17.5. The molecular weight excluding hydrogens is 332 g/mol.